The van der Waals surface area contributed by atoms with Crippen LogP contribution in [0.4, 0.5) is 5.69 Å². The highest BCUT2D eigenvalue weighted by Crippen LogP contribution is 2.60. The van der Waals surface area contributed by atoms with E-state index >= 15 is 0 Å². The van der Waals surface area contributed by atoms with E-state index in [0.29, 0.717) is 19.5 Å². The first-order valence-corrected chi connectivity index (χ1v) is 19.5. The van der Waals surface area contributed by atoms with Crippen LogP contribution < -0.4 is 14.8 Å². The Morgan fingerprint density at radius 2 is 1.87 bits per heavy atom. The number of hydrogen-bond acceptors (Lipinski definition) is 5. The van der Waals surface area contributed by atoms with Gasteiger partial charge in [0, 0.05) is 29.0 Å². The van der Waals surface area contributed by atoms with E-state index < -0.39 is 19.8 Å². The maximum atomic E-state index is 14.6. The van der Waals surface area contributed by atoms with Gasteiger partial charge in [-0.25, -0.2) is 0 Å². The molecule has 0 aliphatic carbocycles. The third-order valence-corrected chi connectivity index (χ3v) is 15.2. The number of amides is 2. The Balaban J connectivity index is 1.43. The molecule has 3 aliphatic rings. The third kappa shape index (κ3) is 5.18. The van der Waals surface area contributed by atoms with Crippen molar-refractivity contribution in [2.24, 2.45) is 5.92 Å². The topological polar surface area (TPSA) is 79.3 Å². The van der Waals surface area contributed by atoms with Gasteiger partial charge in [-0.3, -0.25) is 9.59 Å². The number of benzene rings is 3. The Labute approximate surface area is 275 Å². The first-order valence-electron chi connectivity index (χ1n) is 15.6. The second-order valence-electron chi connectivity index (χ2n) is 13.1. The fourth-order valence-electron chi connectivity index (χ4n) is 8.13. The molecule has 3 aromatic rings. The molecule has 6 rings (SSSR count). The molecular formula is C36H41BrN2O5Si. The zero-order valence-corrected chi connectivity index (χ0v) is 28.9. The largest absolute Gasteiger partial charge is 0.497 e. The van der Waals surface area contributed by atoms with Crippen molar-refractivity contribution in [3.63, 3.8) is 0 Å². The molecule has 9 heteroatoms. The minimum atomic E-state index is -2.41. The zero-order chi connectivity index (χ0) is 32.1. The van der Waals surface area contributed by atoms with E-state index in [-0.39, 0.29) is 42.3 Å². The molecule has 0 aromatic heterocycles. The number of aliphatic hydroxyl groups is 1. The van der Waals surface area contributed by atoms with E-state index in [0.717, 1.165) is 32.6 Å². The number of carbonyl (C=O) groups is 2. The predicted octanol–water partition coefficient (Wildman–Crippen LogP) is 5.54. The third-order valence-electron chi connectivity index (χ3n) is 10.4. The van der Waals surface area contributed by atoms with Gasteiger partial charge in [0.2, 0.25) is 5.91 Å². The number of hydrogen-bond donors (Lipinski definition) is 1. The lowest BCUT2D eigenvalue weighted by Gasteiger charge is -2.39. The van der Waals surface area contributed by atoms with Gasteiger partial charge in [0.15, 0.2) is 5.60 Å². The molecule has 0 unspecified atom stereocenters. The molecule has 0 radical (unpaired) electrons. The molecule has 3 aromatic carbocycles. The minimum absolute atomic E-state index is 0.0646. The number of halogens is 1. The van der Waals surface area contributed by atoms with E-state index in [1.807, 2.05) is 47.4 Å². The summed E-state index contributed by atoms with van der Waals surface area (Å²) in [6, 6.07) is 21.9. The van der Waals surface area contributed by atoms with Gasteiger partial charge in [0.25, 0.3) is 5.91 Å². The van der Waals surface area contributed by atoms with E-state index in [1.54, 1.807) is 18.1 Å². The molecule has 1 N–H and O–H groups in total. The Hall–Kier alpha value is -3.24. The Kier molecular flexibility index (Phi) is 8.58. The van der Waals surface area contributed by atoms with Crippen LogP contribution in [-0.4, -0.2) is 62.3 Å². The average molecular weight is 690 g/mol. The maximum absolute atomic E-state index is 14.6. The minimum Gasteiger partial charge on any atom is -0.497 e. The molecule has 1 spiro atoms. The summed E-state index contributed by atoms with van der Waals surface area (Å²) in [4.78, 5) is 32.4. The van der Waals surface area contributed by atoms with E-state index in [9.17, 15) is 14.7 Å². The van der Waals surface area contributed by atoms with Crippen LogP contribution in [0.5, 0.6) is 5.75 Å². The summed E-state index contributed by atoms with van der Waals surface area (Å²) in [5.41, 5.74) is 2.60. The summed E-state index contributed by atoms with van der Waals surface area (Å²) in [7, 11) is -0.752. The molecule has 45 heavy (non-hydrogen) atoms. The van der Waals surface area contributed by atoms with Crippen molar-refractivity contribution in [1.29, 1.82) is 0 Å². The number of carbonyl (C=O) groups excluding carboxylic acids is 2. The fraction of sp³-hybridized carbons (Fsp3) is 0.389. The standard InChI is InChI=1S/C36H41BrN2O5Si/c1-6-17-38-31-16-11-26(37)19-30(31)36(35(38)42)23(2)34(45(4,5)29-14-12-28(43-3)13-15-29)32(44-36)20-33(41)39-21-25-10-8-7-9-24(25)18-27(39)22-40/h6-16,19,23,27,32,34,40H,1,17-18,20-22H2,2-5H3/t23-,27-,32+,34-,36+/m0/s1. The van der Waals surface area contributed by atoms with Gasteiger partial charge in [-0.05, 0) is 53.4 Å². The number of aliphatic hydroxyl groups excluding tert-OH is 1. The lowest BCUT2D eigenvalue weighted by atomic mass is 9.82. The lowest BCUT2D eigenvalue weighted by Crippen LogP contribution is -2.52. The van der Waals surface area contributed by atoms with Crippen molar-refractivity contribution in [2.75, 3.05) is 25.2 Å². The van der Waals surface area contributed by atoms with Crippen molar-refractivity contribution in [2.45, 2.75) is 62.7 Å². The van der Waals surface area contributed by atoms with Gasteiger partial charge in [-0.2, -0.15) is 0 Å². The number of anilines is 1. The van der Waals surface area contributed by atoms with Crippen LogP contribution in [0.25, 0.3) is 0 Å². The number of methoxy groups -OCH3 is 1. The molecule has 1 fully saturated rings. The van der Waals surface area contributed by atoms with E-state index in [4.69, 9.17) is 9.47 Å². The highest BCUT2D eigenvalue weighted by atomic mass is 79.9. The van der Waals surface area contributed by atoms with Crippen LogP contribution in [0.1, 0.15) is 30.0 Å². The van der Waals surface area contributed by atoms with Gasteiger partial charge in [-0.1, -0.05) is 83.6 Å². The van der Waals surface area contributed by atoms with Crippen LogP contribution in [-0.2, 0) is 32.9 Å². The second-order valence-corrected chi connectivity index (χ2v) is 18.7. The predicted molar refractivity (Wildman–Crippen MR) is 182 cm³/mol. The van der Waals surface area contributed by atoms with Crippen LogP contribution in [0.2, 0.25) is 18.6 Å². The highest BCUT2D eigenvalue weighted by molar-refractivity contribution is 9.10. The molecule has 3 heterocycles. The molecule has 3 aliphatic heterocycles. The summed E-state index contributed by atoms with van der Waals surface area (Å²) in [5.74, 6) is 0.394. The quantitative estimate of drug-likeness (QED) is 0.248. The average Bonchev–Trinajstić information content (AvgIpc) is 3.46. The van der Waals surface area contributed by atoms with Crippen molar-refractivity contribution in [3.05, 3.63) is 101 Å². The fourth-order valence-corrected chi connectivity index (χ4v) is 12.5. The van der Waals surface area contributed by atoms with E-state index in [1.165, 1.54) is 5.19 Å². The lowest BCUT2D eigenvalue weighted by molar-refractivity contribution is -0.150. The molecular weight excluding hydrogens is 648 g/mol. The maximum Gasteiger partial charge on any atom is 0.264 e. The summed E-state index contributed by atoms with van der Waals surface area (Å²) in [6.07, 6.45) is 1.96. The van der Waals surface area contributed by atoms with Gasteiger partial charge in [-0.15, -0.1) is 6.58 Å². The molecule has 0 bridgehead atoms. The first kappa shape index (κ1) is 31.7. The summed E-state index contributed by atoms with van der Waals surface area (Å²) >= 11 is 3.64. The van der Waals surface area contributed by atoms with Gasteiger partial charge >= 0.3 is 0 Å². The van der Waals surface area contributed by atoms with Gasteiger partial charge in [0.1, 0.15) is 5.75 Å². The number of ether oxygens (including phenoxy) is 2. The van der Waals surface area contributed by atoms with Gasteiger partial charge in [0.05, 0.1) is 46.0 Å². The monoisotopic (exact) mass is 688 g/mol. The number of fused-ring (bicyclic) bond motifs is 3. The van der Waals surface area contributed by atoms with Crippen LogP contribution in [0, 0.1) is 5.92 Å². The van der Waals surface area contributed by atoms with Crippen molar-refractivity contribution < 1.29 is 24.2 Å². The van der Waals surface area contributed by atoms with Crippen LogP contribution >= 0.6 is 15.9 Å². The molecule has 1 saturated heterocycles. The van der Waals surface area contributed by atoms with Gasteiger partial charge < -0.3 is 24.4 Å². The number of rotatable bonds is 8. The number of nitrogens with zero attached hydrogens (tertiary/aromatic N) is 2. The Bertz CT molecular complexity index is 1630. The molecule has 5 atom stereocenters. The molecule has 2 amide bonds. The molecule has 0 saturated carbocycles. The molecule has 236 valence electrons. The highest BCUT2D eigenvalue weighted by Gasteiger charge is 2.66. The van der Waals surface area contributed by atoms with Crippen LogP contribution in [0.3, 0.4) is 0 Å². The first-order chi connectivity index (χ1) is 21.6. The summed E-state index contributed by atoms with van der Waals surface area (Å²) in [6.45, 7) is 11.4. The summed E-state index contributed by atoms with van der Waals surface area (Å²) in [5, 5.41) is 11.5. The van der Waals surface area contributed by atoms with Crippen molar-refractivity contribution >= 4 is 46.7 Å². The summed E-state index contributed by atoms with van der Waals surface area (Å²) < 4.78 is 13.4. The zero-order valence-electron chi connectivity index (χ0n) is 26.3. The Morgan fingerprint density at radius 1 is 1.16 bits per heavy atom. The smallest absolute Gasteiger partial charge is 0.264 e. The second kappa shape index (κ2) is 12.2. The Morgan fingerprint density at radius 3 is 2.53 bits per heavy atom. The molecule has 7 nitrogen and oxygen atoms in total. The van der Waals surface area contributed by atoms with E-state index in [2.05, 4.69) is 66.8 Å². The SMILES string of the molecule is C=CCN1C(=O)[C@]2(O[C@H](CC(=O)N3Cc4ccccc4C[C@H]3CO)[C@@H]([Si](C)(C)c3ccc(OC)cc3)[C@@H]2C)c2cc(Br)ccc21. The van der Waals surface area contributed by atoms with Crippen molar-refractivity contribution in [1.82, 2.24) is 4.90 Å². The normalized spacial score (nSPS) is 25.8. The van der Waals surface area contributed by atoms with Crippen LogP contribution in [0.15, 0.2) is 83.9 Å². The van der Waals surface area contributed by atoms with Crippen molar-refractivity contribution in [3.8, 4) is 5.75 Å².